The van der Waals surface area contributed by atoms with Gasteiger partial charge in [0.25, 0.3) is 0 Å². The van der Waals surface area contributed by atoms with E-state index in [0.29, 0.717) is 6.04 Å². The van der Waals surface area contributed by atoms with Crippen molar-refractivity contribution in [1.29, 1.82) is 0 Å². The van der Waals surface area contributed by atoms with Gasteiger partial charge >= 0.3 is 0 Å². The summed E-state index contributed by atoms with van der Waals surface area (Å²) in [7, 11) is 0. The molecular weight excluding hydrogens is 324 g/mol. The van der Waals surface area contributed by atoms with Crippen molar-refractivity contribution in [3.05, 3.63) is 33.8 Å². The summed E-state index contributed by atoms with van der Waals surface area (Å²) in [4.78, 5) is 2.64. The van der Waals surface area contributed by atoms with Crippen LogP contribution in [-0.4, -0.2) is 23.5 Å². The van der Waals surface area contributed by atoms with Crippen LogP contribution in [-0.2, 0) is 13.1 Å². The van der Waals surface area contributed by atoms with Crippen LogP contribution in [0.25, 0.3) is 0 Å². The second-order valence-electron chi connectivity index (χ2n) is 7.04. The standard InChI is InChI=1S/C18H27BrN2/c1-13-3-4-14(2)21(11-13)12-16-6-5-15(9-18(16)19)10-20-17-7-8-17/h5-6,9,13-14,17,20H,3-4,7-8,10-12H2,1-2H3. The molecule has 0 aromatic heterocycles. The molecule has 1 aliphatic carbocycles. The highest BCUT2D eigenvalue weighted by atomic mass is 79.9. The van der Waals surface area contributed by atoms with Crippen molar-refractivity contribution in [3.8, 4) is 0 Å². The third kappa shape index (κ3) is 4.30. The lowest BCUT2D eigenvalue weighted by Gasteiger charge is -2.37. The van der Waals surface area contributed by atoms with E-state index in [4.69, 9.17) is 0 Å². The average Bonchev–Trinajstić information content (AvgIpc) is 3.27. The van der Waals surface area contributed by atoms with Gasteiger partial charge in [0.05, 0.1) is 0 Å². The number of benzene rings is 1. The molecule has 0 bridgehead atoms. The van der Waals surface area contributed by atoms with Crippen molar-refractivity contribution in [3.63, 3.8) is 0 Å². The quantitative estimate of drug-likeness (QED) is 0.850. The van der Waals surface area contributed by atoms with Crippen LogP contribution < -0.4 is 5.32 Å². The van der Waals surface area contributed by atoms with Gasteiger partial charge in [0.2, 0.25) is 0 Å². The summed E-state index contributed by atoms with van der Waals surface area (Å²) < 4.78 is 1.27. The summed E-state index contributed by atoms with van der Waals surface area (Å²) in [5.41, 5.74) is 2.81. The van der Waals surface area contributed by atoms with E-state index in [0.717, 1.165) is 25.0 Å². The van der Waals surface area contributed by atoms with Gasteiger partial charge in [-0.15, -0.1) is 0 Å². The highest BCUT2D eigenvalue weighted by Crippen LogP contribution is 2.27. The Labute approximate surface area is 137 Å². The summed E-state index contributed by atoms with van der Waals surface area (Å²) in [5.74, 6) is 0.835. The fraction of sp³-hybridized carbons (Fsp3) is 0.667. The molecule has 0 spiro atoms. The molecule has 1 saturated heterocycles. The smallest absolute Gasteiger partial charge is 0.0247 e. The van der Waals surface area contributed by atoms with Crippen molar-refractivity contribution in [2.45, 2.75) is 64.7 Å². The van der Waals surface area contributed by atoms with Crippen molar-refractivity contribution >= 4 is 15.9 Å². The fourth-order valence-electron chi connectivity index (χ4n) is 3.20. The van der Waals surface area contributed by atoms with Crippen molar-refractivity contribution < 1.29 is 0 Å². The van der Waals surface area contributed by atoms with Crippen LogP contribution in [0.3, 0.4) is 0 Å². The minimum Gasteiger partial charge on any atom is -0.310 e. The maximum absolute atomic E-state index is 3.78. The molecule has 21 heavy (non-hydrogen) atoms. The zero-order chi connectivity index (χ0) is 14.8. The number of nitrogens with one attached hydrogen (secondary N) is 1. The molecule has 1 aromatic rings. The topological polar surface area (TPSA) is 15.3 Å². The first kappa shape index (κ1) is 15.5. The third-order valence-corrected chi connectivity index (χ3v) is 5.65. The molecule has 1 heterocycles. The number of likely N-dealkylation sites (tertiary alicyclic amines) is 1. The van der Waals surface area contributed by atoms with Crippen molar-refractivity contribution in [2.24, 2.45) is 5.92 Å². The summed E-state index contributed by atoms with van der Waals surface area (Å²) in [6.45, 7) is 8.05. The Morgan fingerprint density at radius 2 is 2.00 bits per heavy atom. The molecule has 1 aliphatic heterocycles. The Morgan fingerprint density at radius 1 is 1.19 bits per heavy atom. The van der Waals surface area contributed by atoms with E-state index < -0.39 is 0 Å². The summed E-state index contributed by atoms with van der Waals surface area (Å²) in [6, 6.07) is 8.37. The van der Waals surface area contributed by atoms with Gasteiger partial charge in [-0.3, -0.25) is 4.90 Å². The van der Waals surface area contributed by atoms with E-state index in [-0.39, 0.29) is 0 Å². The lowest BCUT2D eigenvalue weighted by Crippen LogP contribution is -2.40. The van der Waals surface area contributed by atoms with Gasteiger partial charge in [0, 0.05) is 36.2 Å². The van der Waals surface area contributed by atoms with Crippen LogP contribution >= 0.6 is 15.9 Å². The number of rotatable bonds is 5. The summed E-state index contributed by atoms with van der Waals surface area (Å²) >= 11 is 3.78. The van der Waals surface area contributed by atoms with Gasteiger partial charge < -0.3 is 5.32 Å². The van der Waals surface area contributed by atoms with Gasteiger partial charge in [-0.05, 0) is 55.7 Å². The molecule has 0 radical (unpaired) electrons. The predicted molar refractivity (Wildman–Crippen MR) is 92.3 cm³/mol. The van der Waals surface area contributed by atoms with E-state index in [1.54, 1.807) is 0 Å². The highest BCUT2D eigenvalue weighted by Gasteiger charge is 2.23. The Hall–Kier alpha value is -0.380. The minimum atomic E-state index is 0.712. The molecule has 0 amide bonds. The van der Waals surface area contributed by atoms with E-state index in [1.165, 1.54) is 47.8 Å². The number of halogens is 1. The normalized spacial score (nSPS) is 27.0. The van der Waals surface area contributed by atoms with E-state index in [9.17, 15) is 0 Å². The zero-order valence-electron chi connectivity index (χ0n) is 13.2. The van der Waals surface area contributed by atoms with Crippen LogP contribution in [0.5, 0.6) is 0 Å². The van der Waals surface area contributed by atoms with E-state index >= 15 is 0 Å². The number of hydrogen-bond donors (Lipinski definition) is 1. The molecule has 3 heteroatoms. The maximum atomic E-state index is 3.78. The fourth-order valence-corrected chi connectivity index (χ4v) is 3.75. The molecule has 2 unspecified atom stereocenters. The molecule has 1 saturated carbocycles. The first-order valence-electron chi connectivity index (χ1n) is 8.36. The van der Waals surface area contributed by atoms with Gasteiger partial charge in [-0.2, -0.15) is 0 Å². The van der Waals surface area contributed by atoms with E-state index in [1.807, 2.05) is 0 Å². The molecule has 2 atom stereocenters. The summed E-state index contributed by atoms with van der Waals surface area (Å²) in [5, 5.41) is 3.58. The van der Waals surface area contributed by atoms with Crippen LogP contribution in [0, 0.1) is 5.92 Å². The Balaban J connectivity index is 1.61. The number of piperidine rings is 1. The van der Waals surface area contributed by atoms with Crippen LogP contribution in [0.4, 0.5) is 0 Å². The highest BCUT2D eigenvalue weighted by molar-refractivity contribution is 9.10. The average molecular weight is 351 g/mol. The Kier molecular flexibility index (Phi) is 5.03. The van der Waals surface area contributed by atoms with Crippen LogP contribution in [0.2, 0.25) is 0 Å². The minimum absolute atomic E-state index is 0.712. The molecule has 3 rings (SSSR count). The van der Waals surface area contributed by atoms with Gasteiger partial charge in [-0.25, -0.2) is 0 Å². The lowest BCUT2D eigenvalue weighted by molar-refractivity contribution is 0.117. The zero-order valence-corrected chi connectivity index (χ0v) is 14.8. The Bertz CT molecular complexity index is 484. The molecule has 2 fully saturated rings. The molecule has 116 valence electrons. The number of nitrogens with zero attached hydrogens (tertiary/aromatic N) is 1. The molecule has 1 aromatic carbocycles. The number of hydrogen-bond acceptors (Lipinski definition) is 2. The molecular formula is C18H27BrN2. The van der Waals surface area contributed by atoms with Crippen LogP contribution in [0.1, 0.15) is 50.7 Å². The molecule has 2 aliphatic rings. The van der Waals surface area contributed by atoms with Gasteiger partial charge in [-0.1, -0.05) is 35.0 Å². The molecule has 2 nitrogen and oxygen atoms in total. The van der Waals surface area contributed by atoms with Crippen molar-refractivity contribution in [1.82, 2.24) is 10.2 Å². The molecule has 1 N–H and O–H groups in total. The lowest BCUT2D eigenvalue weighted by atomic mass is 9.94. The van der Waals surface area contributed by atoms with Gasteiger partial charge in [0.15, 0.2) is 0 Å². The second-order valence-corrected chi connectivity index (χ2v) is 7.90. The van der Waals surface area contributed by atoms with Crippen LogP contribution in [0.15, 0.2) is 22.7 Å². The summed E-state index contributed by atoms with van der Waals surface area (Å²) in [6.07, 6.45) is 5.42. The SMILES string of the molecule is CC1CCC(C)N(Cc2ccc(CNC3CC3)cc2Br)C1. The first-order chi connectivity index (χ1) is 10.1. The largest absolute Gasteiger partial charge is 0.310 e. The maximum Gasteiger partial charge on any atom is 0.0247 e. The van der Waals surface area contributed by atoms with Gasteiger partial charge in [0.1, 0.15) is 0 Å². The first-order valence-corrected chi connectivity index (χ1v) is 9.16. The third-order valence-electron chi connectivity index (χ3n) is 4.91. The monoisotopic (exact) mass is 350 g/mol. The van der Waals surface area contributed by atoms with Crippen molar-refractivity contribution in [2.75, 3.05) is 6.54 Å². The predicted octanol–water partition coefficient (Wildman–Crippen LogP) is 4.32. The van der Waals surface area contributed by atoms with E-state index in [2.05, 4.69) is 58.2 Å². The Morgan fingerprint density at radius 3 is 2.71 bits per heavy atom. The second kappa shape index (κ2) is 6.80.